The summed E-state index contributed by atoms with van der Waals surface area (Å²) in [5.41, 5.74) is 2.95. The number of amides is 1. The Morgan fingerprint density at radius 1 is 1.36 bits per heavy atom. The van der Waals surface area contributed by atoms with Crippen molar-refractivity contribution in [1.29, 1.82) is 0 Å². The molecule has 2 heterocycles. The second-order valence-corrected chi connectivity index (χ2v) is 8.14. The Labute approximate surface area is 173 Å². The molecule has 0 fully saturated rings. The van der Waals surface area contributed by atoms with E-state index in [4.69, 9.17) is 16.3 Å². The van der Waals surface area contributed by atoms with Crippen LogP contribution in [-0.4, -0.2) is 27.8 Å². The number of nitrogens with zero attached hydrogens (tertiary/aromatic N) is 2. The highest BCUT2D eigenvalue weighted by atomic mass is 35.5. The molecule has 1 aliphatic heterocycles. The number of hydrogen-bond acceptors (Lipinski definition) is 4. The third-order valence-corrected chi connectivity index (χ3v) is 5.96. The molecule has 0 spiro atoms. The SMILES string of the molecule is CCCn1c(SCC(=O)NC2CCOc3ccccc32)nc2cc(Cl)ccc21. The van der Waals surface area contributed by atoms with E-state index in [-0.39, 0.29) is 11.9 Å². The molecule has 1 atom stereocenters. The molecule has 146 valence electrons. The number of ether oxygens (including phenoxy) is 1. The highest BCUT2D eigenvalue weighted by molar-refractivity contribution is 7.99. The predicted molar refractivity (Wildman–Crippen MR) is 113 cm³/mol. The van der Waals surface area contributed by atoms with Crippen LogP contribution in [0.2, 0.25) is 5.02 Å². The zero-order chi connectivity index (χ0) is 19.5. The third kappa shape index (κ3) is 3.98. The molecule has 1 aromatic heterocycles. The van der Waals surface area contributed by atoms with Gasteiger partial charge in [0.1, 0.15) is 5.75 Å². The number of para-hydroxylation sites is 1. The summed E-state index contributed by atoms with van der Waals surface area (Å²) in [6.45, 7) is 3.60. The first-order valence-corrected chi connectivity index (χ1v) is 10.8. The fraction of sp³-hybridized carbons (Fsp3) is 0.333. The zero-order valence-corrected chi connectivity index (χ0v) is 17.2. The Kier molecular flexibility index (Phi) is 5.78. The van der Waals surface area contributed by atoms with Gasteiger partial charge < -0.3 is 14.6 Å². The molecule has 0 radical (unpaired) electrons. The van der Waals surface area contributed by atoms with Gasteiger partial charge in [-0.3, -0.25) is 4.79 Å². The first kappa shape index (κ1) is 19.2. The van der Waals surface area contributed by atoms with Crippen LogP contribution in [0.3, 0.4) is 0 Å². The second-order valence-electron chi connectivity index (χ2n) is 6.76. The molecular weight excluding hydrogens is 394 g/mol. The zero-order valence-electron chi connectivity index (χ0n) is 15.7. The van der Waals surface area contributed by atoms with Gasteiger partial charge in [0.25, 0.3) is 0 Å². The lowest BCUT2D eigenvalue weighted by atomic mass is 10.0. The summed E-state index contributed by atoms with van der Waals surface area (Å²) in [5.74, 6) is 1.17. The number of imidazole rings is 1. The standard InChI is InChI=1S/C21H22ClN3O2S/c1-2-10-25-18-8-7-14(22)12-17(18)24-21(25)28-13-20(26)23-16-9-11-27-19-6-4-3-5-15(16)19/h3-8,12,16H,2,9-11,13H2,1H3,(H,23,26). The van der Waals surface area contributed by atoms with Gasteiger partial charge in [0.15, 0.2) is 5.16 Å². The molecule has 0 bridgehead atoms. The number of hydrogen-bond donors (Lipinski definition) is 1. The van der Waals surface area contributed by atoms with Crippen molar-refractivity contribution in [3.63, 3.8) is 0 Å². The maximum Gasteiger partial charge on any atom is 0.230 e. The van der Waals surface area contributed by atoms with Crippen LogP contribution >= 0.6 is 23.4 Å². The van der Waals surface area contributed by atoms with Crippen LogP contribution in [-0.2, 0) is 11.3 Å². The van der Waals surface area contributed by atoms with Crippen molar-refractivity contribution in [2.45, 2.75) is 37.5 Å². The van der Waals surface area contributed by atoms with Crippen molar-refractivity contribution >= 4 is 40.3 Å². The van der Waals surface area contributed by atoms with E-state index in [0.29, 0.717) is 17.4 Å². The number of benzene rings is 2. The van der Waals surface area contributed by atoms with Crippen LogP contribution in [0.25, 0.3) is 11.0 Å². The van der Waals surface area contributed by atoms with Crippen LogP contribution < -0.4 is 10.1 Å². The van der Waals surface area contributed by atoms with E-state index < -0.39 is 0 Å². The third-order valence-electron chi connectivity index (χ3n) is 4.75. The molecule has 1 aliphatic rings. The molecule has 0 saturated heterocycles. The van der Waals surface area contributed by atoms with Gasteiger partial charge in [0, 0.05) is 23.6 Å². The average Bonchev–Trinajstić information content (AvgIpc) is 3.03. The van der Waals surface area contributed by atoms with Gasteiger partial charge in [0.05, 0.1) is 29.4 Å². The molecule has 4 rings (SSSR count). The molecule has 1 unspecified atom stereocenters. The van der Waals surface area contributed by atoms with E-state index in [1.165, 1.54) is 11.8 Å². The lowest BCUT2D eigenvalue weighted by Crippen LogP contribution is -2.33. The maximum atomic E-state index is 12.6. The summed E-state index contributed by atoms with van der Waals surface area (Å²) in [6.07, 6.45) is 1.77. The fourth-order valence-corrected chi connectivity index (χ4v) is 4.51. The molecule has 5 nitrogen and oxygen atoms in total. The summed E-state index contributed by atoms with van der Waals surface area (Å²) in [6, 6.07) is 13.6. The topological polar surface area (TPSA) is 56.2 Å². The molecular formula is C21H22ClN3O2S. The molecule has 2 aromatic carbocycles. The average molecular weight is 416 g/mol. The number of nitrogens with one attached hydrogen (secondary N) is 1. The van der Waals surface area contributed by atoms with Gasteiger partial charge in [-0.1, -0.05) is 48.5 Å². The van der Waals surface area contributed by atoms with E-state index in [9.17, 15) is 4.79 Å². The van der Waals surface area contributed by atoms with Crippen molar-refractivity contribution in [2.24, 2.45) is 0 Å². The lowest BCUT2D eigenvalue weighted by molar-refractivity contribution is -0.119. The summed E-state index contributed by atoms with van der Waals surface area (Å²) in [4.78, 5) is 17.3. The van der Waals surface area contributed by atoms with Crippen molar-refractivity contribution in [1.82, 2.24) is 14.9 Å². The summed E-state index contributed by atoms with van der Waals surface area (Å²) in [7, 11) is 0. The number of carbonyl (C=O) groups is 1. The van der Waals surface area contributed by atoms with Gasteiger partial charge in [-0.2, -0.15) is 0 Å². The van der Waals surface area contributed by atoms with Gasteiger partial charge in [0.2, 0.25) is 5.91 Å². The van der Waals surface area contributed by atoms with E-state index in [0.717, 1.165) is 46.9 Å². The first-order valence-electron chi connectivity index (χ1n) is 9.45. The number of rotatable bonds is 6. The smallest absolute Gasteiger partial charge is 0.230 e. The molecule has 1 N–H and O–H groups in total. The van der Waals surface area contributed by atoms with Crippen molar-refractivity contribution in [3.8, 4) is 5.75 Å². The normalized spacial score (nSPS) is 15.9. The largest absolute Gasteiger partial charge is 0.493 e. The fourth-order valence-electron chi connectivity index (χ4n) is 3.49. The molecule has 7 heteroatoms. The molecule has 0 saturated carbocycles. The number of thioether (sulfide) groups is 1. The molecule has 3 aromatic rings. The van der Waals surface area contributed by atoms with Crippen molar-refractivity contribution in [2.75, 3.05) is 12.4 Å². The summed E-state index contributed by atoms with van der Waals surface area (Å²) in [5, 5.41) is 4.66. The van der Waals surface area contributed by atoms with Crippen LogP contribution in [0.15, 0.2) is 47.6 Å². The molecule has 1 amide bonds. The number of aromatic nitrogens is 2. The van der Waals surface area contributed by atoms with E-state index in [1.807, 2.05) is 42.5 Å². The molecule has 28 heavy (non-hydrogen) atoms. The Morgan fingerprint density at radius 2 is 2.21 bits per heavy atom. The summed E-state index contributed by atoms with van der Waals surface area (Å²) >= 11 is 7.57. The predicted octanol–water partition coefficient (Wildman–Crippen LogP) is 4.83. The Bertz CT molecular complexity index is 1000. The number of carbonyl (C=O) groups excluding carboxylic acids is 1. The maximum absolute atomic E-state index is 12.6. The Morgan fingerprint density at radius 3 is 3.07 bits per heavy atom. The van der Waals surface area contributed by atoms with Crippen LogP contribution in [0.5, 0.6) is 5.75 Å². The number of fused-ring (bicyclic) bond motifs is 2. The Hall–Kier alpha value is -2.18. The van der Waals surface area contributed by atoms with E-state index in [1.54, 1.807) is 0 Å². The first-order chi connectivity index (χ1) is 13.7. The number of aryl methyl sites for hydroxylation is 1. The minimum Gasteiger partial charge on any atom is -0.493 e. The highest BCUT2D eigenvalue weighted by Crippen LogP contribution is 2.32. The van der Waals surface area contributed by atoms with E-state index >= 15 is 0 Å². The monoisotopic (exact) mass is 415 g/mol. The minimum atomic E-state index is -0.00804. The number of halogens is 1. The second kappa shape index (κ2) is 8.45. The van der Waals surface area contributed by atoms with Gasteiger partial charge in [-0.05, 0) is 30.7 Å². The lowest BCUT2D eigenvalue weighted by Gasteiger charge is -2.26. The quantitative estimate of drug-likeness (QED) is 0.586. The van der Waals surface area contributed by atoms with Crippen LogP contribution in [0, 0.1) is 0 Å². The van der Waals surface area contributed by atoms with Crippen LogP contribution in [0.4, 0.5) is 0 Å². The molecule has 0 aliphatic carbocycles. The minimum absolute atomic E-state index is 0.000148. The van der Waals surface area contributed by atoms with Gasteiger partial charge in [-0.15, -0.1) is 0 Å². The highest BCUT2D eigenvalue weighted by Gasteiger charge is 2.23. The Balaban J connectivity index is 1.46. The van der Waals surface area contributed by atoms with E-state index in [2.05, 4.69) is 21.8 Å². The van der Waals surface area contributed by atoms with Crippen molar-refractivity contribution < 1.29 is 9.53 Å². The van der Waals surface area contributed by atoms with Crippen molar-refractivity contribution in [3.05, 3.63) is 53.1 Å². The van der Waals surface area contributed by atoms with Gasteiger partial charge in [-0.25, -0.2) is 4.98 Å². The summed E-state index contributed by atoms with van der Waals surface area (Å²) < 4.78 is 7.83. The van der Waals surface area contributed by atoms with Crippen LogP contribution in [0.1, 0.15) is 31.4 Å². The van der Waals surface area contributed by atoms with Gasteiger partial charge >= 0.3 is 0 Å².